The second-order valence-electron chi connectivity index (χ2n) is 1.84. The lowest BCUT2D eigenvalue weighted by Crippen LogP contribution is -2.12. The minimum Gasteiger partial charge on any atom is -0.461 e. The molecule has 1 aromatic rings. The zero-order chi connectivity index (χ0) is 7.40. The van der Waals surface area contributed by atoms with E-state index in [0.29, 0.717) is 18.1 Å². The molecular formula is C7H10N2O. The van der Waals surface area contributed by atoms with E-state index in [4.69, 9.17) is 10.2 Å². The molecule has 0 aromatic carbocycles. The molecule has 0 aliphatic heterocycles. The molecule has 3 heteroatoms. The Labute approximate surface area is 59.6 Å². The van der Waals surface area contributed by atoms with Crippen LogP contribution in [-0.4, -0.2) is 12.4 Å². The maximum Gasteiger partial charge on any atom is 0.168 e. The van der Waals surface area contributed by atoms with Crippen molar-refractivity contribution in [2.75, 3.05) is 6.54 Å². The van der Waals surface area contributed by atoms with Gasteiger partial charge in [0.1, 0.15) is 0 Å². The Balaban J connectivity index is 2.77. The smallest absolute Gasteiger partial charge is 0.168 e. The Morgan fingerprint density at radius 2 is 2.60 bits per heavy atom. The van der Waals surface area contributed by atoms with Crippen LogP contribution in [0.5, 0.6) is 0 Å². The molecule has 0 atom stereocenters. The molecule has 10 heavy (non-hydrogen) atoms. The van der Waals surface area contributed by atoms with Gasteiger partial charge in [-0.3, -0.25) is 4.99 Å². The molecule has 0 spiro atoms. The highest BCUT2D eigenvalue weighted by atomic mass is 16.3. The lowest BCUT2D eigenvalue weighted by molar-refractivity contribution is 0.556. The van der Waals surface area contributed by atoms with Gasteiger partial charge in [0.05, 0.1) is 6.26 Å². The summed E-state index contributed by atoms with van der Waals surface area (Å²) < 4.78 is 4.99. The van der Waals surface area contributed by atoms with Crippen molar-refractivity contribution in [1.29, 1.82) is 0 Å². The van der Waals surface area contributed by atoms with Gasteiger partial charge in [0, 0.05) is 6.54 Å². The number of rotatable bonds is 2. The van der Waals surface area contributed by atoms with Crippen LogP contribution in [0.4, 0.5) is 0 Å². The van der Waals surface area contributed by atoms with Gasteiger partial charge < -0.3 is 10.2 Å². The third kappa shape index (κ3) is 1.37. The van der Waals surface area contributed by atoms with Crippen LogP contribution in [0.1, 0.15) is 12.7 Å². The van der Waals surface area contributed by atoms with E-state index >= 15 is 0 Å². The number of furan rings is 1. The first kappa shape index (κ1) is 6.86. The summed E-state index contributed by atoms with van der Waals surface area (Å²) >= 11 is 0. The van der Waals surface area contributed by atoms with Crippen molar-refractivity contribution in [3.63, 3.8) is 0 Å². The van der Waals surface area contributed by atoms with Crippen LogP contribution < -0.4 is 5.73 Å². The van der Waals surface area contributed by atoms with Crippen LogP contribution in [0.15, 0.2) is 27.8 Å². The average Bonchev–Trinajstić information content (AvgIpc) is 2.38. The fourth-order valence-corrected chi connectivity index (χ4v) is 0.673. The third-order valence-corrected chi connectivity index (χ3v) is 1.10. The van der Waals surface area contributed by atoms with Gasteiger partial charge in [-0.05, 0) is 19.1 Å². The molecule has 3 nitrogen and oxygen atoms in total. The molecule has 0 radical (unpaired) electrons. The quantitative estimate of drug-likeness (QED) is 0.489. The summed E-state index contributed by atoms with van der Waals surface area (Å²) in [4.78, 5) is 3.97. The summed E-state index contributed by atoms with van der Waals surface area (Å²) in [5.41, 5.74) is 5.51. The predicted octanol–water partition coefficient (Wildman–Crippen LogP) is 1.00. The van der Waals surface area contributed by atoms with Crippen LogP contribution in [-0.2, 0) is 0 Å². The van der Waals surface area contributed by atoms with E-state index in [9.17, 15) is 0 Å². The van der Waals surface area contributed by atoms with Gasteiger partial charge >= 0.3 is 0 Å². The molecule has 0 saturated carbocycles. The van der Waals surface area contributed by atoms with Crippen molar-refractivity contribution < 1.29 is 4.42 Å². The van der Waals surface area contributed by atoms with Gasteiger partial charge in [-0.15, -0.1) is 0 Å². The van der Waals surface area contributed by atoms with Crippen LogP contribution >= 0.6 is 0 Å². The van der Waals surface area contributed by atoms with Crippen molar-refractivity contribution in [1.82, 2.24) is 0 Å². The third-order valence-electron chi connectivity index (χ3n) is 1.10. The fourth-order valence-electron chi connectivity index (χ4n) is 0.673. The van der Waals surface area contributed by atoms with Gasteiger partial charge in [0.2, 0.25) is 0 Å². The number of hydrogen-bond donors (Lipinski definition) is 1. The zero-order valence-corrected chi connectivity index (χ0v) is 5.87. The highest BCUT2D eigenvalue weighted by molar-refractivity contribution is 5.94. The molecule has 0 amide bonds. The average molecular weight is 138 g/mol. The maximum absolute atomic E-state index is 5.51. The Kier molecular flexibility index (Phi) is 2.10. The molecule has 1 rings (SSSR count). The molecule has 1 aromatic heterocycles. The fraction of sp³-hybridized carbons (Fsp3) is 0.286. The molecule has 2 N–H and O–H groups in total. The first-order valence-electron chi connectivity index (χ1n) is 3.18. The molecule has 0 saturated heterocycles. The number of nitrogens with zero attached hydrogens (tertiary/aromatic N) is 1. The summed E-state index contributed by atoms with van der Waals surface area (Å²) in [6, 6.07) is 3.57. The molecule has 0 bridgehead atoms. The molecular weight excluding hydrogens is 128 g/mol. The normalized spacial score (nSPS) is 11.9. The minimum absolute atomic E-state index is 0.465. The first-order valence-corrected chi connectivity index (χ1v) is 3.18. The molecule has 0 fully saturated rings. The van der Waals surface area contributed by atoms with E-state index in [1.807, 2.05) is 6.92 Å². The lowest BCUT2D eigenvalue weighted by Gasteiger charge is -1.91. The van der Waals surface area contributed by atoms with E-state index in [1.54, 1.807) is 18.4 Å². The summed E-state index contributed by atoms with van der Waals surface area (Å²) in [7, 11) is 0. The van der Waals surface area contributed by atoms with Crippen LogP contribution in [0, 0.1) is 0 Å². The van der Waals surface area contributed by atoms with E-state index in [0.717, 1.165) is 0 Å². The number of nitrogens with two attached hydrogens (primary N) is 1. The zero-order valence-electron chi connectivity index (χ0n) is 5.87. The first-order chi connectivity index (χ1) is 4.84. The number of amidine groups is 1. The summed E-state index contributed by atoms with van der Waals surface area (Å²) in [6.07, 6.45) is 1.58. The van der Waals surface area contributed by atoms with Gasteiger partial charge in [0.25, 0.3) is 0 Å². The van der Waals surface area contributed by atoms with Crippen molar-refractivity contribution in [2.45, 2.75) is 6.92 Å². The summed E-state index contributed by atoms with van der Waals surface area (Å²) in [5.74, 6) is 1.11. The summed E-state index contributed by atoms with van der Waals surface area (Å²) in [5, 5.41) is 0. The largest absolute Gasteiger partial charge is 0.461 e. The number of aliphatic imine (C=N–C) groups is 1. The SMILES string of the molecule is CCN=C(N)c1ccco1. The van der Waals surface area contributed by atoms with Crippen LogP contribution in [0.25, 0.3) is 0 Å². The van der Waals surface area contributed by atoms with Gasteiger partial charge in [-0.1, -0.05) is 0 Å². The predicted molar refractivity (Wildman–Crippen MR) is 40.0 cm³/mol. The van der Waals surface area contributed by atoms with E-state index < -0.39 is 0 Å². The van der Waals surface area contributed by atoms with Crippen molar-refractivity contribution in [3.8, 4) is 0 Å². The molecule has 0 unspecified atom stereocenters. The van der Waals surface area contributed by atoms with Crippen LogP contribution in [0.2, 0.25) is 0 Å². The van der Waals surface area contributed by atoms with Gasteiger partial charge in [-0.25, -0.2) is 0 Å². The van der Waals surface area contributed by atoms with Crippen molar-refractivity contribution in [3.05, 3.63) is 24.2 Å². The van der Waals surface area contributed by atoms with Gasteiger partial charge in [-0.2, -0.15) is 0 Å². The highest BCUT2D eigenvalue weighted by Gasteiger charge is 1.97. The maximum atomic E-state index is 5.51. The number of hydrogen-bond acceptors (Lipinski definition) is 2. The topological polar surface area (TPSA) is 51.5 Å². The van der Waals surface area contributed by atoms with E-state index in [2.05, 4.69) is 4.99 Å². The molecule has 54 valence electrons. The Hall–Kier alpha value is -1.25. The Morgan fingerprint density at radius 3 is 3.10 bits per heavy atom. The molecule has 1 heterocycles. The van der Waals surface area contributed by atoms with E-state index in [1.165, 1.54) is 0 Å². The van der Waals surface area contributed by atoms with Crippen molar-refractivity contribution in [2.24, 2.45) is 10.7 Å². The monoisotopic (exact) mass is 138 g/mol. The minimum atomic E-state index is 0.465. The Bertz CT molecular complexity index is 214. The Morgan fingerprint density at radius 1 is 1.80 bits per heavy atom. The molecule has 0 aliphatic rings. The second-order valence-corrected chi connectivity index (χ2v) is 1.84. The summed E-state index contributed by atoms with van der Waals surface area (Å²) in [6.45, 7) is 2.61. The van der Waals surface area contributed by atoms with Crippen molar-refractivity contribution >= 4 is 5.84 Å². The second kappa shape index (κ2) is 3.06. The standard InChI is InChI=1S/C7H10N2O/c1-2-9-7(8)6-4-3-5-10-6/h3-5H,2H2,1H3,(H2,8,9). The van der Waals surface area contributed by atoms with Gasteiger partial charge in [0.15, 0.2) is 11.6 Å². The van der Waals surface area contributed by atoms with E-state index in [-0.39, 0.29) is 0 Å². The molecule has 0 aliphatic carbocycles. The highest BCUT2D eigenvalue weighted by Crippen LogP contribution is 1.98. The lowest BCUT2D eigenvalue weighted by atomic mass is 10.4. The van der Waals surface area contributed by atoms with Crippen LogP contribution in [0.3, 0.4) is 0 Å².